The molecule has 0 aliphatic rings. The molecular weight excluding hydrogens is 318 g/mol. The number of benzene rings is 1. The molecule has 1 heterocycles. The number of ether oxygens (including phenoxy) is 1. The fraction of sp³-hybridized carbons (Fsp3) is 0.333. The summed E-state index contributed by atoms with van der Waals surface area (Å²) in [4.78, 5) is 22.6. The molecule has 0 bridgehead atoms. The lowest BCUT2D eigenvalue weighted by Crippen LogP contribution is -2.09. The van der Waals surface area contributed by atoms with Crippen molar-refractivity contribution in [2.24, 2.45) is 0 Å². The summed E-state index contributed by atoms with van der Waals surface area (Å²) in [5, 5.41) is 17.1. The Hall–Kier alpha value is -2.35. The standard InChI is InChI=1S/C15H17N3O4S/c1-10(2)18-9-16-17-15(18)23-8-13(19)11-3-5-12(6-4-11)22-7-14(20)21/h3-6,9-10H,7-8H2,1-2H3,(H,20,21). The van der Waals surface area contributed by atoms with Crippen molar-refractivity contribution in [2.45, 2.75) is 25.0 Å². The largest absolute Gasteiger partial charge is 0.482 e. The zero-order valence-corrected chi connectivity index (χ0v) is 13.6. The van der Waals surface area contributed by atoms with Crippen molar-refractivity contribution in [3.8, 4) is 5.75 Å². The van der Waals surface area contributed by atoms with E-state index < -0.39 is 12.6 Å². The molecule has 2 rings (SSSR count). The maximum absolute atomic E-state index is 12.2. The molecule has 122 valence electrons. The Kier molecular flexibility index (Phi) is 5.75. The van der Waals surface area contributed by atoms with Crippen LogP contribution in [0.25, 0.3) is 0 Å². The molecule has 7 nitrogen and oxygen atoms in total. The van der Waals surface area contributed by atoms with Gasteiger partial charge in [0.15, 0.2) is 17.5 Å². The molecule has 0 spiro atoms. The first-order valence-corrected chi connectivity index (χ1v) is 7.96. The van der Waals surface area contributed by atoms with Crippen LogP contribution in [0, 0.1) is 0 Å². The third-order valence-corrected chi connectivity index (χ3v) is 3.92. The molecule has 0 aliphatic heterocycles. The van der Waals surface area contributed by atoms with E-state index in [1.165, 1.54) is 11.8 Å². The Labute approximate surface area is 137 Å². The number of hydrogen-bond donors (Lipinski definition) is 1. The Morgan fingerprint density at radius 3 is 2.61 bits per heavy atom. The fourth-order valence-corrected chi connectivity index (χ4v) is 2.72. The minimum Gasteiger partial charge on any atom is -0.482 e. The first kappa shape index (κ1) is 17.0. The van der Waals surface area contributed by atoms with E-state index in [1.807, 2.05) is 18.4 Å². The lowest BCUT2D eigenvalue weighted by molar-refractivity contribution is -0.139. The zero-order valence-electron chi connectivity index (χ0n) is 12.8. The number of rotatable bonds is 8. The molecule has 0 amide bonds. The molecule has 1 aromatic heterocycles. The van der Waals surface area contributed by atoms with Gasteiger partial charge < -0.3 is 14.4 Å². The van der Waals surface area contributed by atoms with E-state index in [0.717, 1.165) is 0 Å². The molecule has 0 saturated carbocycles. The van der Waals surface area contributed by atoms with Gasteiger partial charge in [-0.15, -0.1) is 10.2 Å². The monoisotopic (exact) mass is 335 g/mol. The van der Waals surface area contributed by atoms with E-state index in [0.29, 0.717) is 16.5 Å². The van der Waals surface area contributed by atoms with Crippen molar-refractivity contribution in [1.29, 1.82) is 0 Å². The van der Waals surface area contributed by atoms with Crippen molar-refractivity contribution in [1.82, 2.24) is 14.8 Å². The van der Waals surface area contributed by atoms with Gasteiger partial charge in [-0.2, -0.15) is 0 Å². The summed E-state index contributed by atoms with van der Waals surface area (Å²) in [6.45, 7) is 3.63. The first-order valence-electron chi connectivity index (χ1n) is 6.97. The summed E-state index contributed by atoms with van der Waals surface area (Å²) < 4.78 is 6.93. The van der Waals surface area contributed by atoms with E-state index >= 15 is 0 Å². The maximum atomic E-state index is 12.2. The van der Waals surface area contributed by atoms with Crippen LogP contribution in [0.1, 0.15) is 30.2 Å². The molecule has 0 radical (unpaired) electrons. The van der Waals surface area contributed by atoms with Crippen LogP contribution in [0.5, 0.6) is 5.75 Å². The molecular formula is C15H17N3O4S. The summed E-state index contributed by atoms with van der Waals surface area (Å²) in [5.74, 6) is -0.425. The van der Waals surface area contributed by atoms with Crippen LogP contribution in [0.3, 0.4) is 0 Å². The Bertz CT molecular complexity index is 682. The fourth-order valence-electron chi connectivity index (χ4n) is 1.79. The van der Waals surface area contributed by atoms with Crippen molar-refractivity contribution < 1.29 is 19.4 Å². The van der Waals surface area contributed by atoms with Crippen LogP contribution in [0.4, 0.5) is 0 Å². The second-order valence-corrected chi connectivity index (χ2v) is 5.98. The summed E-state index contributed by atoms with van der Waals surface area (Å²) in [7, 11) is 0. The molecule has 1 N–H and O–H groups in total. The van der Waals surface area contributed by atoms with Gasteiger partial charge in [0.1, 0.15) is 12.1 Å². The number of aliphatic carboxylic acids is 1. The molecule has 8 heteroatoms. The summed E-state index contributed by atoms with van der Waals surface area (Å²) in [6.07, 6.45) is 1.64. The normalized spacial score (nSPS) is 10.7. The molecule has 0 fully saturated rings. The number of hydrogen-bond acceptors (Lipinski definition) is 6. The number of nitrogens with zero attached hydrogens (tertiary/aromatic N) is 3. The Morgan fingerprint density at radius 1 is 1.30 bits per heavy atom. The van der Waals surface area contributed by atoms with Crippen LogP contribution in [-0.2, 0) is 4.79 Å². The Morgan fingerprint density at radius 2 is 2.00 bits per heavy atom. The molecule has 0 atom stereocenters. The number of ketones is 1. The highest BCUT2D eigenvalue weighted by Crippen LogP contribution is 2.20. The van der Waals surface area contributed by atoms with E-state index in [9.17, 15) is 9.59 Å². The highest BCUT2D eigenvalue weighted by atomic mass is 32.2. The summed E-state index contributed by atoms with van der Waals surface area (Å²) in [5.41, 5.74) is 0.538. The number of carboxylic acid groups (broad SMARTS) is 1. The smallest absolute Gasteiger partial charge is 0.341 e. The minimum absolute atomic E-state index is 0.0434. The SMILES string of the molecule is CC(C)n1cnnc1SCC(=O)c1ccc(OCC(=O)O)cc1. The zero-order chi connectivity index (χ0) is 16.8. The van der Waals surface area contributed by atoms with Crippen LogP contribution in [0.15, 0.2) is 35.7 Å². The van der Waals surface area contributed by atoms with E-state index in [1.54, 1.807) is 30.6 Å². The van der Waals surface area contributed by atoms with Gasteiger partial charge in [0.05, 0.1) is 5.75 Å². The van der Waals surface area contributed by atoms with E-state index in [4.69, 9.17) is 9.84 Å². The lowest BCUT2D eigenvalue weighted by atomic mass is 10.1. The number of thioether (sulfide) groups is 1. The van der Waals surface area contributed by atoms with Gasteiger partial charge >= 0.3 is 5.97 Å². The van der Waals surface area contributed by atoms with Gasteiger partial charge in [0.2, 0.25) is 0 Å². The van der Waals surface area contributed by atoms with Gasteiger partial charge in [0.25, 0.3) is 0 Å². The topological polar surface area (TPSA) is 94.3 Å². The van der Waals surface area contributed by atoms with Crippen LogP contribution in [0.2, 0.25) is 0 Å². The highest BCUT2D eigenvalue weighted by molar-refractivity contribution is 7.99. The third-order valence-electron chi connectivity index (χ3n) is 2.97. The van der Waals surface area contributed by atoms with E-state index in [2.05, 4.69) is 10.2 Å². The minimum atomic E-state index is -1.05. The lowest BCUT2D eigenvalue weighted by Gasteiger charge is -2.09. The van der Waals surface area contributed by atoms with Crippen LogP contribution in [-0.4, -0.2) is 44.0 Å². The number of carboxylic acids is 1. The van der Waals surface area contributed by atoms with Crippen molar-refractivity contribution in [3.63, 3.8) is 0 Å². The summed E-state index contributed by atoms with van der Waals surface area (Å²) in [6, 6.07) is 6.63. The van der Waals surface area contributed by atoms with Crippen LogP contribution >= 0.6 is 11.8 Å². The second-order valence-electron chi connectivity index (χ2n) is 5.03. The quantitative estimate of drug-likeness (QED) is 0.584. The first-order chi connectivity index (χ1) is 11.0. The average molecular weight is 335 g/mol. The molecule has 1 aromatic carbocycles. The van der Waals surface area contributed by atoms with Gasteiger partial charge in [-0.3, -0.25) is 4.79 Å². The van der Waals surface area contributed by atoms with Crippen LogP contribution < -0.4 is 4.74 Å². The predicted molar refractivity (Wildman–Crippen MR) is 85.0 cm³/mol. The number of Topliss-reactive ketones (excluding diaryl/α,β-unsaturated/α-hetero) is 1. The second kappa shape index (κ2) is 7.77. The van der Waals surface area contributed by atoms with E-state index in [-0.39, 0.29) is 17.6 Å². The number of aromatic nitrogens is 3. The summed E-state index contributed by atoms with van der Waals surface area (Å²) >= 11 is 1.33. The van der Waals surface area contributed by atoms with Crippen molar-refractivity contribution >= 4 is 23.5 Å². The highest BCUT2D eigenvalue weighted by Gasteiger charge is 2.12. The van der Waals surface area contributed by atoms with Gasteiger partial charge in [-0.25, -0.2) is 4.79 Å². The molecule has 0 saturated heterocycles. The third kappa shape index (κ3) is 4.82. The van der Waals surface area contributed by atoms with Crippen molar-refractivity contribution in [3.05, 3.63) is 36.2 Å². The number of carbonyl (C=O) groups is 2. The molecule has 0 aliphatic carbocycles. The molecule has 23 heavy (non-hydrogen) atoms. The van der Waals surface area contributed by atoms with Gasteiger partial charge in [-0.1, -0.05) is 11.8 Å². The Balaban J connectivity index is 1.93. The molecule has 0 unspecified atom stereocenters. The van der Waals surface area contributed by atoms with Crippen molar-refractivity contribution in [2.75, 3.05) is 12.4 Å². The number of carbonyl (C=O) groups excluding carboxylic acids is 1. The molecule has 2 aromatic rings. The van der Waals surface area contributed by atoms with Gasteiger partial charge in [0, 0.05) is 11.6 Å². The average Bonchev–Trinajstić information content (AvgIpc) is 3.00. The predicted octanol–water partition coefficient (Wildman–Crippen LogP) is 2.30. The van der Waals surface area contributed by atoms with Gasteiger partial charge in [-0.05, 0) is 38.1 Å². The maximum Gasteiger partial charge on any atom is 0.341 e.